The van der Waals surface area contributed by atoms with Gasteiger partial charge in [0.05, 0.1) is 12.2 Å². The first kappa shape index (κ1) is 10.1. The van der Waals surface area contributed by atoms with Gasteiger partial charge in [-0.15, -0.1) is 0 Å². The molecule has 0 aromatic carbocycles. The van der Waals surface area contributed by atoms with Crippen LogP contribution in [0.15, 0.2) is 6.07 Å². The van der Waals surface area contributed by atoms with Gasteiger partial charge in [-0.1, -0.05) is 6.42 Å². The number of piperidine rings is 1. The Morgan fingerprint density at radius 3 is 2.94 bits per heavy atom. The topological polar surface area (TPSA) is 55.9 Å². The van der Waals surface area contributed by atoms with E-state index < -0.39 is 0 Å². The molecule has 0 bridgehead atoms. The van der Waals surface area contributed by atoms with Crippen LogP contribution in [0.2, 0.25) is 0 Å². The second-order valence-electron chi connectivity index (χ2n) is 5.10. The normalized spacial score (nSPS) is 25.9. The highest BCUT2D eigenvalue weighted by Gasteiger charge is 2.27. The third-order valence-corrected chi connectivity index (χ3v) is 3.63. The molecule has 1 aromatic heterocycles. The molecule has 1 aliphatic heterocycles. The predicted molar refractivity (Wildman–Crippen MR) is 64.3 cm³/mol. The van der Waals surface area contributed by atoms with Crippen LogP contribution in [0.4, 0.5) is 5.82 Å². The number of aromatic nitrogens is 2. The zero-order valence-corrected chi connectivity index (χ0v) is 9.65. The third kappa shape index (κ3) is 2.07. The van der Waals surface area contributed by atoms with Crippen LogP contribution in [-0.4, -0.2) is 22.4 Å². The lowest BCUT2D eigenvalue weighted by Gasteiger charge is -2.23. The summed E-state index contributed by atoms with van der Waals surface area (Å²) >= 11 is 0. The van der Waals surface area contributed by atoms with Crippen LogP contribution in [0.5, 0.6) is 0 Å². The van der Waals surface area contributed by atoms with Gasteiger partial charge in [0.25, 0.3) is 0 Å². The summed E-state index contributed by atoms with van der Waals surface area (Å²) in [7, 11) is 0. The molecule has 1 aliphatic carbocycles. The number of nitrogens with one attached hydrogen (secondary N) is 1. The summed E-state index contributed by atoms with van der Waals surface area (Å²) in [5, 5.41) is 8.15. The second kappa shape index (κ2) is 4.09. The smallest absolute Gasteiger partial charge is 0.121 e. The summed E-state index contributed by atoms with van der Waals surface area (Å²) in [4.78, 5) is 0. The lowest BCUT2D eigenvalue weighted by molar-refractivity contribution is 0.352. The molecule has 16 heavy (non-hydrogen) atoms. The van der Waals surface area contributed by atoms with E-state index in [0.717, 1.165) is 18.9 Å². The first-order valence-corrected chi connectivity index (χ1v) is 6.39. The highest BCUT2D eigenvalue weighted by molar-refractivity contribution is 5.33. The van der Waals surface area contributed by atoms with Crippen molar-refractivity contribution in [1.29, 1.82) is 0 Å². The molecule has 1 saturated carbocycles. The fourth-order valence-electron chi connectivity index (χ4n) is 2.47. The molecule has 3 N–H and O–H groups in total. The van der Waals surface area contributed by atoms with Crippen LogP contribution in [0, 0.1) is 0 Å². The number of hydrogen-bond donors (Lipinski definition) is 2. The van der Waals surface area contributed by atoms with E-state index in [0.29, 0.717) is 12.0 Å². The van der Waals surface area contributed by atoms with E-state index in [1.165, 1.54) is 37.8 Å². The molecule has 0 amide bonds. The van der Waals surface area contributed by atoms with Gasteiger partial charge in [0.2, 0.25) is 0 Å². The molecule has 3 rings (SSSR count). The van der Waals surface area contributed by atoms with Crippen LogP contribution in [0.25, 0.3) is 0 Å². The maximum absolute atomic E-state index is 6.00. The Balaban J connectivity index is 1.68. The minimum atomic E-state index is 0.558. The summed E-state index contributed by atoms with van der Waals surface area (Å²) in [6.07, 6.45) is 6.46. The van der Waals surface area contributed by atoms with E-state index in [-0.39, 0.29) is 0 Å². The van der Waals surface area contributed by atoms with Gasteiger partial charge >= 0.3 is 0 Å². The zero-order valence-electron chi connectivity index (χ0n) is 9.65. The molecule has 1 saturated heterocycles. The third-order valence-electron chi connectivity index (χ3n) is 3.63. The van der Waals surface area contributed by atoms with Crippen molar-refractivity contribution in [3.05, 3.63) is 11.8 Å². The lowest BCUT2D eigenvalue weighted by atomic mass is 10.1. The van der Waals surface area contributed by atoms with Crippen molar-refractivity contribution in [2.45, 2.75) is 50.6 Å². The fraction of sp³-hybridized carbons (Fsp3) is 0.750. The molecular formula is C12H20N4. The summed E-state index contributed by atoms with van der Waals surface area (Å²) in [6.45, 7) is 2.07. The van der Waals surface area contributed by atoms with Crippen molar-refractivity contribution in [2.75, 3.05) is 12.3 Å². The first-order chi connectivity index (χ1) is 7.83. The number of nitrogen functional groups attached to an aromatic ring is 1. The van der Waals surface area contributed by atoms with E-state index in [4.69, 9.17) is 5.73 Å². The minimum Gasteiger partial charge on any atom is -0.384 e. The van der Waals surface area contributed by atoms with Gasteiger partial charge in [-0.3, -0.25) is 0 Å². The molecule has 1 atom stereocenters. The van der Waals surface area contributed by atoms with Gasteiger partial charge < -0.3 is 11.1 Å². The standard InChI is InChI=1S/C12H20N4/c13-12-7-11(9-4-5-9)15-16(12)8-10-3-1-2-6-14-10/h7,9-10,14H,1-6,8,13H2. The van der Waals surface area contributed by atoms with Crippen LogP contribution < -0.4 is 11.1 Å². The molecule has 4 heteroatoms. The molecule has 88 valence electrons. The van der Waals surface area contributed by atoms with E-state index in [1.54, 1.807) is 0 Å². The van der Waals surface area contributed by atoms with Gasteiger partial charge in [-0.25, -0.2) is 4.68 Å². The predicted octanol–water partition coefficient (Wildman–Crippen LogP) is 1.48. The van der Waals surface area contributed by atoms with Crippen molar-refractivity contribution in [3.63, 3.8) is 0 Å². The summed E-state index contributed by atoms with van der Waals surface area (Å²) in [6, 6.07) is 2.61. The van der Waals surface area contributed by atoms with E-state index in [2.05, 4.69) is 16.5 Å². The minimum absolute atomic E-state index is 0.558. The number of nitrogens with zero attached hydrogens (tertiary/aromatic N) is 2. The van der Waals surface area contributed by atoms with Crippen LogP contribution in [0.1, 0.15) is 43.7 Å². The highest BCUT2D eigenvalue weighted by Crippen LogP contribution is 2.39. The van der Waals surface area contributed by atoms with Crippen molar-refractivity contribution in [1.82, 2.24) is 15.1 Å². The van der Waals surface area contributed by atoms with Gasteiger partial charge in [0, 0.05) is 18.0 Å². The number of hydrogen-bond acceptors (Lipinski definition) is 3. The average molecular weight is 220 g/mol. The number of anilines is 1. The molecule has 2 fully saturated rings. The molecule has 4 nitrogen and oxygen atoms in total. The summed E-state index contributed by atoms with van der Waals surface area (Å²) in [5.41, 5.74) is 7.20. The SMILES string of the molecule is Nc1cc(C2CC2)nn1CC1CCCCN1. The van der Waals surface area contributed by atoms with Gasteiger partial charge in [-0.05, 0) is 32.2 Å². The molecule has 2 heterocycles. The molecular weight excluding hydrogens is 200 g/mol. The van der Waals surface area contributed by atoms with Crippen molar-refractivity contribution in [2.24, 2.45) is 0 Å². The zero-order chi connectivity index (χ0) is 11.0. The Bertz CT molecular complexity index is 361. The monoisotopic (exact) mass is 220 g/mol. The molecule has 2 aliphatic rings. The molecule has 1 unspecified atom stereocenters. The van der Waals surface area contributed by atoms with Gasteiger partial charge in [0.15, 0.2) is 0 Å². The maximum atomic E-state index is 6.00. The van der Waals surface area contributed by atoms with Gasteiger partial charge in [-0.2, -0.15) is 5.10 Å². The van der Waals surface area contributed by atoms with Crippen LogP contribution >= 0.6 is 0 Å². The Kier molecular flexibility index (Phi) is 2.59. The Morgan fingerprint density at radius 1 is 1.38 bits per heavy atom. The van der Waals surface area contributed by atoms with Crippen LogP contribution in [-0.2, 0) is 6.54 Å². The van der Waals surface area contributed by atoms with E-state index in [1.807, 2.05) is 4.68 Å². The maximum Gasteiger partial charge on any atom is 0.121 e. The van der Waals surface area contributed by atoms with Crippen molar-refractivity contribution >= 4 is 5.82 Å². The van der Waals surface area contributed by atoms with E-state index in [9.17, 15) is 0 Å². The van der Waals surface area contributed by atoms with Crippen molar-refractivity contribution < 1.29 is 0 Å². The highest BCUT2D eigenvalue weighted by atomic mass is 15.3. The lowest BCUT2D eigenvalue weighted by Crippen LogP contribution is -2.37. The van der Waals surface area contributed by atoms with Crippen LogP contribution in [0.3, 0.4) is 0 Å². The number of nitrogens with two attached hydrogens (primary N) is 1. The first-order valence-electron chi connectivity index (χ1n) is 6.39. The molecule has 0 spiro atoms. The fourth-order valence-corrected chi connectivity index (χ4v) is 2.47. The Morgan fingerprint density at radius 2 is 2.25 bits per heavy atom. The van der Waals surface area contributed by atoms with Crippen molar-refractivity contribution in [3.8, 4) is 0 Å². The summed E-state index contributed by atoms with van der Waals surface area (Å²) in [5.74, 6) is 1.53. The molecule has 1 aromatic rings. The second-order valence-corrected chi connectivity index (χ2v) is 5.10. The summed E-state index contributed by atoms with van der Waals surface area (Å²) < 4.78 is 1.98. The van der Waals surface area contributed by atoms with Gasteiger partial charge in [0.1, 0.15) is 5.82 Å². The molecule has 0 radical (unpaired) electrons. The average Bonchev–Trinajstić information content (AvgIpc) is 3.07. The Hall–Kier alpha value is -1.03. The quantitative estimate of drug-likeness (QED) is 0.811. The Labute approximate surface area is 96.2 Å². The largest absolute Gasteiger partial charge is 0.384 e. The number of rotatable bonds is 3. The van der Waals surface area contributed by atoms with E-state index >= 15 is 0 Å².